The van der Waals surface area contributed by atoms with Gasteiger partial charge in [0, 0.05) is 17.9 Å². The predicted molar refractivity (Wildman–Crippen MR) is 333 cm³/mol. The Morgan fingerprint density at radius 2 is 1.24 bits per heavy atom. The van der Waals surface area contributed by atoms with Crippen LogP contribution in [0, 0.1) is 68.0 Å². The van der Waals surface area contributed by atoms with Gasteiger partial charge in [0.2, 0.25) is 6.29 Å². The lowest BCUT2D eigenvalue weighted by Gasteiger charge is -2.71. The number of esters is 1. The molecule has 0 amide bonds. The van der Waals surface area contributed by atoms with Gasteiger partial charge in [-0.2, -0.15) is 0 Å². The Morgan fingerprint density at radius 1 is 0.621 bits per heavy atom. The van der Waals surface area contributed by atoms with E-state index in [1.165, 1.54) is 31.3 Å². The summed E-state index contributed by atoms with van der Waals surface area (Å²) in [5, 5.41) is 0. The van der Waals surface area contributed by atoms with Gasteiger partial charge in [-0.05, 0) is 152 Å². The first-order valence-corrected chi connectivity index (χ1v) is 33.6. The van der Waals surface area contributed by atoms with Crippen molar-refractivity contribution in [3.63, 3.8) is 0 Å². The van der Waals surface area contributed by atoms with Crippen molar-refractivity contribution in [1.82, 2.24) is 0 Å². The van der Waals surface area contributed by atoms with Gasteiger partial charge >= 0.3 is 5.97 Å². The largest absolute Gasteiger partial charge is 0.432 e. The minimum Gasteiger partial charge on any atom is -0.432 e. The van der Waals surface area contributed by atoms with Crippen LogP contribution in [0.3, 0.4) is 0 Å². The molecule has 4 saturated heterocycles. The van der Waals surface area contributed by atoms with Crippen LogP contribution < -0.4 is 5.73 Å². The van der Waals surface area contributed by atoms with Crippen molar-refractivity contribution in [2.45, 2.75) is 254 Å². The summed E-state index contributed by atoms with van der Waals surface area (Å²) < 4.78 is 75.4. The minimum atomic E-state index is -1.13. The lowest BCUT2D eigenvalue weighted by atomic mass is 9.33. The van der Waals surface area contributed by atoms with E-state index in [-0.39, 0.29) is 70.8 Å². The fraction of sp³-hybridized carbons (Fsp3) is 0.716. The smallest absolute Gasteiger partial charge is 0.315 e. The molecule has 4 heterocycles. The molecule has 13 heteroatoms. The Bertz CT molecular complexity index is 2870. The van der Waals surface area contributed by atoms with Crippen LogP contribution in [-0.2, 0) is 76.7 Å². The molecule has 4 saturated carbocycles. The average Bonchev–Trinajstić information content (AvgIpc) is 1.04. The van der Waals surface area contributed by atoms with Crippen LogP contribution in [-0.4, -0.2) is 98.7 Å². The van der Waals surface area contributed by atoms with Crippen LogP contribution in [0.15, 0.2) is 103 Å². The highest BCUT2D eigenvalue weighted by atomic mass is 16.8. The number of carbonyl (C=O) groups is 1. The summed E-state index contributed by atoms with van der Waals surface area (Å²) in [6.45, 7) is 32.0. The highest BCUT2D eigenvalue weighted by Crippen LogP contribution is 2.76. The van der Waals surface area contributed by atoms with Crippen LogP contribution >= 0.6 is 0 Å². The summed E-state index contributed by atoms with van der Waals surface area (Å²) in [4.78, 5) is 16.1. The third kappa shape index (κ3) is 11.8. The topological polar surface area (TPSA) is 145 Å². The van der Waals surface area contributed by atoms with Crippen LogP contribution in [0.25, 0.3) is 0 Å². The molecule has 13 nitrogen and oxygen atoms in total. The number of nitrogens with two attached hydrogens (primary N) is 1. The molecule has 5 aliphatic carbocycles. The molecular formula is C74H105NO12. The number of allylic oxidation sites excluding steroid dienone is 2. The number of benzene rings is 3. The molecule has 3 aromatic carbocycles. The van der Waals surface area contributed by atoms with Crippen molar-refractivity contribution >= 4 is 5.97 Å². The summed E-state index contributed by atoms with van der Waals surface area (Å²) in [6, 6.07) is 29.9. The molecule has 22 atom stereocenters. The second kappa shape index (κ2) is 24.5. The summed E-state index contributed by atoms with van der Waals surface area (Å²) in [5.74, 6) is 0.196. The van der Waals surface area contributed by atoms with Gasteiger partial charge < -0.3 is 57.8 Å². The van der Waals surface area contributed by atoms with Gasteiger partial charge in [-0.3, -0.25) is 4.79 Å². The van der Waals surface area contributed by atoms with Crippen LogP contribution in [0.5, 0.6) is 0 Å². The van der Waals surface area contributed by atoms with Gasteiger partial charge in [-0.15, -0.1) is 0 Å². The Kier molecular flexibility index (Phi) is 17.9. The lowest BCUT2D eigenvalue weighted by molar-refractivity contribution is -0.353. The molecule has 8 fully saturated rings. The van der Waals surface area contributed by atoms with Gasteiger partial charge in [0.15, 0.2) is 18.4 Å². The molecule has 3 aromatic rings. The molecular weight excluding hydrogens is 1090 g/mol. The summed E-state index contributed by atoms with van der Waals surface area (Å²) in [6.07, 6.45) is 5.62. The molecule has 12 rings (SSSR count). The van der Waals surface area contributed by atoms with E-state index >= 15 is 4.79 Å². The summed E-state index contributed by atoms with van der Waals surface area (Å²) in [7, 11) is 0. The van der Waals surface area contributed by atoms with E-state index in [2.05, 4.69) is 99.6 Å². The van der Waals surface area contributed by atoms with Crippen molar-refractivity contribution in [1.29, 1.82) is 0 Å². The van der Waals surface area contributed by atoms with E-state index < -0.39 is 72.7 Å². The number of carbonyl (C=O) groups excluding carboxylic acids is 1. The quantitative estimate of drug-likeness (QED) is 0.107. The second-order valence-electron chi connectivity index (χ2n) is 31.2. The Labute approximate surface area is 520 Å². The Morgan fingerprint density at radius 3 is 1.92 bits per heavy atom. The molecule has 0 radical (unpaired) electrons. The molecule has 4 aliphatic heterocycles. The standard InChI is InChI=1S/C74H105NO12/c1-45-31-33-71(11)56(69(45,7)8)32-34-73(13)57(71)30-29-52-53-39-68(5,6)35-37-74(53,38-36-72(52,73)12)67(76)85-65-60(46(2)58(75)54(82-65)43-77-40-49-23-17-14-18-24-49)83-66-63-62(86-70(9,10)87-63)61(48(4)81-66)84-64-47(3)59(79-42-51-27-21-16-22-28-51)55(44-80-64)78-41-50-25-19-15-20-26-50/h14-29,45-48,53-66H,30-44,75H2,1-13H3/t45-,46?,47?,48?,53?,54?,55+,56-,57?,58+,59?,60?,61-,62?,63?,64-,65-,66?,71?,72+,73+,74-/m0/s1. The van der Waals surface area contributed by atoms with Crippen molar-refractivity contribution in [2.75, 3.05) is 13.2 Å². The normalized spacial score (nSPS) is 43.5. The molecule has 87 heavy (non-hydrogen) atoms. The fourth-order valence-corrected chi connectivity index (χ4v) is 19.0. The number of ether oxygens (including phenoxy) is 11. The predicted octanol–water partition coefficient (Wildman–Crippen LogP) is 14.1. The fourth-order valence-electron chi connectivity index (χ4n) is 19.0. The van der Waals surface area contributed by atoms with Crippen molar-refractivity contribution in [3.05, 3.63) is 119 Å². The zero-order valence-corrected chi connectivity index (χ0v) is 54.7. The molecule has 478 valence electrons. The average molecular weight is 1200 g/mol. The zero-order chi connectivity index (χ0) is 61.5. The first kappa shape index (κ1) is 63.6. The second-order valence-corrected chi connectivity index (χ2v) is 31.2. The van der Waals surface area contributed by atoms with E-state index in [0.29, 0.717) is 37.1 Å². The van der Waals surface area contributed by atoms with Gasteiger partial charge in [0.25, 0.3) is 0 Å². The monoisotopic (exact) mass is 1200 g/mol. The zero-order valence-electron chi connectivity index (χ0n) is 54.7. The number of hydrogen-bond donors (Lipinski definition) is 1. The van der Waals surface area contributed by atoms with Gasteiger partial charge in [0.05, 0.1) is 50.7 Å². The van der Waals surface area contributed by atoms with E-state index in [1.54, 1.807) is 0 Å². The minimum absolute atomic E-state index is 0.0343. The molecule has 12 unspecified atom stereocenters. The van der Waals surface area contributed by atoms with Gasteiger partial charge in [0.1, 0.15) is 36.6 Å². The first-order valence-electron chi connectivity index (χ1n) is 33.6. The number of rotatable bonds is 16. The van der Waals surface area contributed by atoms with Crippen molar-refractivity contribution in [3.8, 4) is 0 Å². The van der Waals surface area contributed by atoms with Gasteiger partial charge in [-0.25, -0.2) is 0 Å². The number of fused-ring (bicyclic) bond motifs is 8. The molecule has 0 spiro atoms. The highest BCUT2D eigenvalue weighted by Gasteiger charge is 2.70. The van der Waals surface area contributed by atoms with E-state index in [9.17, 15) is 0 Å². The highest BCUT2D eigenvalue weighted by molar-refractivity contribution is 5.79. The van der Waals surface area contributed by atoms with E-state index in [1.807, 2.05) is 87.5 Å². The van der Waals surface area contributed by atoms with Gasteiger partial charge in [-0.1, -0.05) is 172 Å². The summed E-state index contributed by atoms with van der Waals surface area (Å²) in [5.41, 5.74) is 11.9. The van der Waals surface area contributed by atoms with Crippen molar-refractivity contribution in [2.24, 2.45) is 73.7 Å². The maximum absolute atomic E-state index is 16.1. The lowest BCUT2D eigenvalue weighted by Crippen LogP contribution is -2.65. The van der Waals surface area contributed by atoms with Crippen LogP contribution in [0.2, 0.25) is 0 Å². The molecule has 9 aliphatic rings. The van der Waals surface area contributed by atoms with Crippen LogP contribution in [0.1, 0.15) is 171 Å². The summed E-state index contributed by atoms with van der Waals surface area (Å²) >= 11 is 0. The Hall–Kier alpha value is -3.57. The van der Waals surface area contributed by atoms with E-state index in [0.717, 1.165) is 61.1 Å². The molecule has 0 bridgehead atoms. The first-order chi connectivity index (χ1) is 41.4. The number of hydrogen-bond acceptors (Lipinski definition) is 13. The van der Waals surface area contributed by atoms with E-state index in [4.69, 9.17) is 57.8 Å². The molecule has 2 N–H and O–H groups in total. The maximum Gasteiger partial charge on any atom is 0.315 e. The van der Waals surface area contributed by atoms with Crippen LogP contribution in [0.4, 0.5) is 0 Å². The third-order valence-corrected chi connectivity index (χ3v) is 24.8. The maximum atomic E-state index is 16.1. The Balaban J connectivity index is 0.804. The van der Waals surface area contributed by atoms with Crippen molar-refractivity contribution < 1.29 is 56.9 Å². The molecule has 0 aromatic heterocycles. The third-order valence-electron chi connectivity index (χ3n) is 24.8. The SMILES string of the molecule is CC1C(OCc2ccccc2)[C@H](OCc2ccccc2)CO[C@H]1O[C@H]1C(C)OC(OC2C(C)[C@@H](N)C(COCc3ccccc3)O[C@H]2OC(=O)[C@]23CCC(C)(C)CC2C2=CCC4C5(C)CC[C@H](C)C(C)(C)[C@@H]5CC[C@@]4(C)[C@]2(C)CC3)C2OC(C)(C)OC21.